The van der Waals surface area contributed by atoms with Crippen molar-refractivity contribution in [3.63, 3.8) is 0 Å². The van der Waals surface area contributed by atoms with Gasteiger partial charge in [-0.2, -0.15) is 5.26 Å². The third-order valence-electron chi connectivity index (χ3n) is 6.33. The number of carbonyl (C=O) groups is 2. The lowest BCUT2D eigenvalue weighted by Gasteiger charge is -2.24. The van der Waals surface area contributed by atoms with E-state index in [2.05, 4.69) is 16.4 Å². The van der Waals surface area contributed by atoms with Gasteiger partial charge in [0, 0.05) is 28.6 Å². The van der Waals surface area contributed by atoms with E-state index in [0.29, 0.717) is 34.6 Å². The van der Waals surface area contributed by atoms with Crippen LogP contribution < -0.4 is 19.7 Å². The lowest BCUT2D eigenvalue weighted by Crippen LogP contribution is -2.38. The molecule has 9 nitrogen and oxygen atoms in total. The maximum absolute atomic E-state index is 14.0. The Morgan fingerprint density at radius 1 is 0.900 bits per heavy atom. The van der Waals surface area contributed by atoms with E-state index in [-0.39, 0.29) is 22.5 Å². The highest BCUT2D eigenvalue weighted by molar-refractivity contribution is 6.26. The highest BCUT2D eigenvalue weighted by Crippen LogP contribution is 2.35. The van der Waals surface area contributed by atoms with E-state index in [4.69, 9.17) is 13.9 Å². The van der Waals surface area contributed by atoms with Gasteiger partial charge in [-0.15, -0.1) is 0 Å². The fourth-order valence-corrected chi connectivity index (χ4v) is 4.24. The van der Waals surface area contributed by atoms with Gasteiger partial charge in [-0.05, 0) is 60.7 Å². The monoisotopic (exact) mass is 532 g/mol. The molecule has 0 fully saturated rings. The Hall–Kier alpha value is -5.62. The van der Waals surface area contributed by atoms with E-state index in [1.165, 1.54) is 14.2 Å². The van der Waals surface area contributed by atoms with E-state index < -0.39 is 11.8 Å². The standard InChI is InChI=1S/C31H24N4O5/c1-38-23-11-7-21(8-12-23)30(36)35(31(37)22-9-13-24(39-2)14-10-22)29-26(17-32)28(33-18-20-15-16-40-19-20)25-5-3-4-6-27(25)34-29/h3-16,19H,18H2,1-2H3,(H,33,34). The normalized spacial score (nSPS) is 10.5. The lowest BCUT2D eigenvalue weighted by molar-refractivity contribution is 0.0896. The zero-order chi connectivity index (χ0) is 28.1. The molecule has 2 heterocycles. The molecule has 5 aromatic rings. The third-order valence-corrected chi connectivity index (χ3v) is 6.33. The topological polar surface area (TPSA) is 118 Å². The molecule has 3 aromatic carbocycles. The number of rotatable bonds is 8. The van der Waals surface area contributed by atoms with Crippen molar-refractivity contribution in [2.75, 3.05) is 24.4 Å². The average molecular weight is 533 g/mol. The molecule has 2 aromatic heterocycles. The third kappa shape index (κ3) is 5.06. The summed E-state index contributed by atoms with van der Waals surface area (Å²) in [6.45, 7) is 0.345. The molecule has 0 saturated carbocycles. The molecular weight excluding hydrogens is 508 g/mol. The summed E-state index contributed by atoms with van der Waals surface area (Å²) in [6, 6.07) is 23.9. The molecule has 0 saturated heterocycles. The van der Waals surface area contributed by atoms with Gasteiger partial charge in [0.25, 0.3) is 11.8 Å². The predicted octanol–water partition coefficient (Wildman–Crippen LogP) is 5.82. The molecule has 0 unspecified atom stereocenters. The second-order valence-corrected chi connectivity index (χ2v) is 8.70. The van der Waals surface area contributed by atoms with E-state index in [9.17, 15) is 14.9 Å². The Kier molecular flexibility index (Phi) is 7.42. The van der Waals surface area contributed by atoms with Crippen LogP contribution in [0.5, 0.6) is 11.5 Å². The molecule has 5 rings (SSSR count). The molecule has 198 valence electrons. The fraction of sp³-hybridized carbons (Fsp3) is 0.0968. The molecule has 40 heavy (non-hydrogen) atoms. The summed E-state index contributed by atoms with van der Waals surface area (Å²) in [5.41, 5.74) is 2.28. The van der Waals surface area contributed by atoms with Crippen molar-refractivity contribution in [3.05, 3.63) is 114 Å². The minimum atomic E-state index is -0.650. The Bertz CT molecular complexity index is 1650. The Morgan fingerprint density at radius 3 is 2.02 bits per heavy atom. The van der Waals surface area contributed by atoms with Crippen molar-refractivity contribution in [2.45, 2.75) is 6.54 Å². The van der Waals surface area contributed by atoms with Crippen LogP contribution in [0.2, 0.25) is 0 Å². The number of hydrogen-bond donors (Lipinski definition) is 1. The number of nitrogens with one attached hydrogen (secondary N) is 1. The summed E-state index contributed by atoms with van der Waals surface area (Å²) in [5, 5.41) is 14.3. The maximum atomic E-state index is 14.0. The summed E-state index contributed by atoms with van der Waals surface area (Å²) in [7, 11) is 3.04. The summed E-state index contributed by atoms with van der Waals surface area (Å²) < 4.78 is 15.6. The number of imide groups is 1. The molecule has 0 atom stereocenters. The van der Waals surface area contributed by atoms with Crippen LogP contribution in [0.25, 0.3) is 10.9 Å². The van der Waals surface area contributed by atoms with Gasteiger partial charge in [-0.25, -0.2) is 9.88 Å². The van der Waals surface area contributed by atoms with E-state index >= 15 is 0 Å². The van der Waals surface area contributed by atoms with Gasteiger partial charge in [0.1, 0.15) is 23.1 Å². The number of nitriles is 1. The molecule has 2 amide bonds. The molecule has 0 radical (unpaired) electrons. The van der Waals surface area contributed by atoms with E-state index in [0.717, 1.165) is 10.5 Å². The zero-order valence-electron chi connectivity index (χ0n) is 21.8. The van der Waals surface area contributed by atoms with Gasteiger partial charge in [0.05, 0.1) is 38.0 Å². The van der Waals surface area contributed by atoms with Crippen molar-refractivity contribution in [3.8, 4) is 17.6 Å². The molecule has 0 aliphatic heterocycles. The molecule has 0 bridgehead atoms. The average Bonchev–Trinajstić information content (AvgIpc) is 3.53. The van der Waals surface area contributed by atoms with Gasteiger partial charge in [0.2, 0.25) is 0 Å². The first-order chi connectivity index (χ1) is 19.5. The highest BCUT2D eigenvalue weighted by atomic mass is 16.5. The smallest absolute Gasteiger partial charge is 0.266 e. The van der Waals surface area contributed by atoms with Crippen molar-refractivity contribution in [1.29, 1.82) is 5.26 Å². The number of benzene rings is 3. The first-order valence-corrected chi connectivity index (χ1v) is 12.3. The SMILES string of the molecule is COc1ccc(C(=O)N(C(=O)c2ccc(OC)cc2)c2nc3ccccc3c(NCc3ccoc3)c2C#N)cc1. The number of pyridine rings is 1. The Balaban J connectivity index is 1.69. The summed E-state index contributed by atoms with van der Waals surface area (Å²) >= 11 is 0. The number of aromatic nitrogens is 1. The van der Waals surface area contributed by atoms with Crippen LogP contribution in [0.4, 0.5) is 11.5 Å². The number of carbonyl (C=O) groups excluding carboxylic acids is 2. The first kappa shape index (κ1) is 26.0. The van der Waals surface area contributed by atoms with Crippen LogP contribution in [0.15, 0.2) is 95.8 Å². The fourth-order valence-electron chi connectivity index (χ4n) is 4.24. The maximum Gasteiger partial charge on any atom is 0.266 e. The quantitative estimate of drug-likeness (QED) is 0.249. The molecule has 0 aliphatic rings. The minimum absolute atomic E-state index is 0.0471. The van der Waals surface area contributed by atoms with Gasteiger partial charge in [0.15, 0.2) is 5.82 Å². The van der Waals surface area contributed by atoms with Crippen LogP contribution in [0.1, 0.15) is 31.8 Å². The highest BCUT2D eigenvalue weighted by Gasteiger charge is 2.31. The van der Waals surface area contributed by atoms with E-state index in [1.807, 2.05) is 12.1 Å². The number of fused-ring (bicyclic) bond motifs is 1. The minimum Gasteiger partial charge on any atom is -0.497 e. The Labute approximate surface area is 230 Å². The second-order valence-electron chi connectivity index (χ2n) is 8.70. The largest absolute Gasteiger partial charge is 0.497 e. The van der Waals surface area contributed by atoms with Gasteiger partial charge in [-0.1, -0.05) is 18.2 Å². The van der Waals surface area contributed by atoms with Gasteiger partial charge < -0.3 is 19.2 Å². The molecule has 1 N–H and O–H groups in total. The van der Waals surface area contributed by atoms with Crippen molar-refractivity contribution in [1.82, 2.24) is 4.98 Å². The molecular formula is C31H24N4O5. The number of ether oxygens (including phenoxy) is 2. The summed E-state index contributed by atoms with van der Waals surface area (Å²) in [5.74, 6) is -0.279. The summed E-state index contributed by atoms with van der Waals surface area (Å²) in [6.07, 6.45) is 3.15. The number of hydrogen-bond acceptors (Lipinski definition) is 8. The number of methoxy groups -OCH3 is 2. The number of anilines is 2. The lowest BCUT2D eigenvalue weighted by atomic mass is 10.1. The van der Waals surface area contributed by atoms with Crippen molar-refractivity contribution >= 4 is 34.2 Å². The number of para-hydroxylation sites is 1. The van der Waals surface area contributed by atoms with Crippen LogP contribution in [0, 0.1) is 11.3 Å². The van der Waals surface area contributed by atoms with Crippen LogP contribution in [-0.4, -0.2) is 31.0 Å². The van der Waals surface area contributed by atoms with Crippen molar-refractivity contribution < 1.29 is 23.5 Å². The van der Waals surface area contributed by atoms with Crippen LogP contribution >= 0.6 is 0 Å². The van der Waals surface area contributed by atoms with Crippen LogP contribution in [-0.2, 0) is 6.54 Å². The second kappa shape index (κ2) is 11.4. The number of amides is 2. The number of furan rings is 1. The predicted molar refractivity (Wildman–Crippen MR) is 150 cm³/mol. The molecule has 0 aliphatic carbocycles. The number of nitrogens with zero attached hydrogens (tertiary/aromatic N) is 3. The van der Waals surface area contributed by atoms with E-state index in [1.54, 1.807) is 79.3 Å². The van der Waals surface area contributed by atoms with Crippen LogP contribution in [0.3, 0.4) is 0 Å². The molecule has 9 heteroatoms. The first-order valence-electron chi connectivity index (χ1n) is 12.3. The van der Waals surface area contributed by atoms with Crippen molar-refractivity contribution in [2.24, 2.45) is 0 Å². The zero-order valence-corrected chi connectivity index (χ0v) is 21.8. The summed E-state index contributed by atoms with van der Waals surface area (Å²) in [4.78, 5) is 33.6. The van der Waals surface area contributed by atoms with Gasteiger partial charge >= 0.3 is 0 Å². The van der Waals surface area contributed by atoms with Gasteiger partial charge in [-0.3, -0.25) is 9.59 Å². The Morgan fingerprint density at radius 2 is 1.50 bits per heavy atom. The molecule has 0 spiro atoms.